The van der Waals surface area contributed by atoms with Crippen molar-refractivity contribution in [2.75, 3.05) is 72.9 Å². The summed E-state index contributed by atoms with van der Waals surface area (Å²) in [5.41, 5.74) is 0. The minimum atomic E-state index is -0.247. The van der Waals surface area contributed by atoms with E-state index in [1.807, 2.05) is 0 Å². The molecular formula is C53H104N2O7. The molecule has 0 amide bonds. The van der Waals surface area contributed by atoms with Crippen LogP contribution in [0.25, 0.3) is 0 Å². The molecule has 0 aliphatic heterocycles. The number of ether oxygens (including phenoxy) is 4. The molecule has 62 heavy (non-hydrogen) atoms. The number of carbonyl (C=O) groups is 2. The molecule has 1 fully saturated rings. The molecule has 0 heterocycles. The van der Waals surface area contributed by atoms with Gasteiger partial charge in [0.2, 0.25) is 0 Å². The predicted octanol–water partition coefficient (Wildman–Crippen LogP) is 12.9. The summed E-state index contributed by atoms with van der Waals surface area (Å²) in [6.45, 7) is 14.3. The van der Waals surface area contributed by atoms with E-state index in [4.69, 9.17) is 18.9 Å². The quantitative estimate of drug-likeness (QED) is 0.0473. The molecule has 1 N–H and O–H groups in total. The van der Waals surface area contributed by atoms with Crippen LogP contribution in [0.5, 0.6) is 0 Å². The third kappa shape index (κ3) is 37.0. The minimum absolute atomic E-state index is 0.177. The maximum Gasteiger partial charge on any atom is 0.308 e. The van der Waals surface area contributed by atoms with Crippen molar-refractivity contribution in [1.29, 1.82) is 0 Å². The zero-order chi connectivity index (χ0) is 45.1. The molecule has 0 aromatic rings. The van der Waals surface area contributed by atoms with E-state index >= 15 is 0 Å². The van der Waals surface area contributed by atoms with Crippen molar-refractivity contribution in [3.8, 4) is 0 Å². The van der Waals surface area contributed by atoms with Gasteiger partial charge in [0, 0.05) is 32.2 Å². The number of unbranched alkanes of at least 4 members (excludes halogenated alkanes) is 20. The lowest BCUT2D eigenvalue weighted by atomic mass is 9.95. The Kier molecular flexibility index (Phi) is 41.3. The van der Waals surface area contributed by atoms with Crippen molar-refractivity contribution in [3.63, 3.8) is 0 Å². The lowest BCUT2D eigenvalue weighted by Crippen LogP contribution is -2.40. The van der Waals surface area contributed by atoms with Crippen LogP contribution in [0.4, 0.5) is 0 Å². The Morgan fingerprint density at radius 2 is 0.935 bits per heavy atom. The second-order valence-corrected chi connectivity index (χ2v) is 19.1. The predicted molar refractivity (Wildman–Crippen MR) is 260 cm³/mol. The molecule has 1 unspecified atom stereocenters. The third-order valence-electron chi connectivity index (χ3n) is 13.0. The van der Waals surface area contributed by atoms with Gasteiger partial charge in [-0.15, -0.1) is 0 Å². The number of rotatable bonds is 49. The summed E-state index contributed by atoms with van der Waals surface area (Å²) in [5, 5.41) is 9.58. The highest BCUT2D eigenvalue weighted by Crippen LogP contribution is 2.26. The van der Waals surface area contributed by atoms with E-state index in [1.165, 1.54) is 167 Å². The summed E-state index contributed by atoms with van der Waals surface area (Å²) in [6, 6.07) is 0.592. The van der Waals surface area contributed by atoms with Crippen LogP contribution in [0.15, 0.2) is 0 Å². The number of carbonyl (C=O) groups excluding carboxylic acids is 2. The Morgan fingerprint density at radius 1 is 0.532 bits per heavy atom. The van der Waals surface area contributed by atoms with Gasteiger partial charge in [0.05, 0.1) is 58.6 Å². The fourth-order valence-corrected chi connectivity index (χ4v) is 8.66. The second kappa shape index (κ2) is 43.6. The van der Waals surface area contributed by atoms with Crippen LogP contribution in [0.2, 0.25) is 0 Å². The van der Waals surface area contributed by atoms with E-state index in [0.717, 1.165) is 38.8 Å². The molecule has 1 rings (SSSR count). The van der Waals surface area contributed by atoms with E-state index < -0.39 is 0 Å². The maximum atomic E-state index is 13.0. The number of hydrogen-bond acceptors (Lipinski definition) is 9. The topological polar surface area (TPSA) is 97.8 Å². The summed E-state index contributed by atoms with van der Waals surface area (Å²) in [4.78, 5) is 30.5. The summed E-state index contributed by atoms with van der Waals surface area (Å²) in [5.74, 6) is 0.504. The zero-order valence-electron chi connectivity index (χ0n) is 41.8. The largest absolute Gasteiger partial charge is 0.465 e. The lowest BCUT2D eigenvalue weighted by molar-refractivity contribution is -0.149. The molecule has 0 bridgehead atoms. The molecule has 0 spiro atoms. The Morgan fingerprint density at radius 3 is 1.34 bits per heavy atom. The van der Waals surface area contributed by atoms with Gasteiger partial charge in [0.15, 0.2) is 0 Å². The first kappa shape index (κ1) is 58.8. The van der Waals surface area contributed by atoms with Crippen molar-refractivity contribution in [1.82, 2.24) is 9.80 Å². The van der Waals surface area contributed by atoms with Gasteiger partial charge < -0.3 is 29.0 Å². The first-order chi connectivity index (χ1) is 30.4. The van der Waals surface area contributed by atoms with Crippen molar-refractivity contribution >= 4 is 11.9 Å². The fourth-order valence-electron chi connectivity index (χ4n) is 8.66. The highest BCUT2D eigenvalue weighted by molar-refractivity contribution is 5.69. The molecule has 0 radical (unpaired) electrons. The summed E-state index contributed by atoms with van der Waals surface area (Å²) in [7, 11) is 2.09. The van der Waals surface area contributed by atoms with Crippen LogP contribution in [0.1, 0.15) is 233 Å². The van der Waals surface area contributed by atoms with Gasteiger partial charge in [0.1, 0.15) is 0 Å². The van der Waals surface area contributed by atoms with E-state index in [9.17, 15) is 14.7 Å². The Hall–Kier alpha value is -1.26. The molecule has 1 saturated carbocycles. The molecule has 1 aliphatic carbocycles. The Labute approximate surface area is 384 Å². The number of nitrogens with zero attached hydrogens (tertiary/aromatic N) is 2. The van der Waals surface area contributed by atoms with Crippen LogP contribution in [-0.4, -0.2) is 112 Å². The molecule has 0 aromatic carbocycles. The van der Waals surface area contributed by atoms with Gasteiger partial charge in [-0.1, -0.05) is 182 Å². The van der Waals surface area contributed by atoms with E-state index in [2.05, 4.69) is 44.5 Å². The molecule has 9 nitrogen and oxygen atoms in total. The average molecular weight is 881 g/mol. The monoisotopic (exact) mass is 881 g/mol. The van der Waals surface area contributed by atoms with Crippen molar-refractivity contribution in [2.45, 2.75) is 245 Å². The number of esters is 2. The van der Waals surface area contributed by atoms with Gasteiger partial charge in [0.25, 0.3) is 0 Å². The van der Waals surface area contributed by atoms with E-state index in [1.54, 1.807) is 0 Å². The van der Waals surface area contributed by atoms with Crippen molar-refractivity contribution in [2.24, 2.45) is 11.8 Å². The number of aliphatic hydroxyl groups is 1. The lowest BCUT2D eigenvalue weighted by Gasteiger charge is -2.27. The first-order valence-corrected chi connectivity index (χ1v) is 26.9. The molecule has 0 aromatic heterocycles. The number of hydrogen-bond donors (Lipinski definition) is 1. The van der Waals surface area contributed by atoms with Gasteiger partial charge >= 0.3 is 11.9 Å². The second-order valence-electron chi connectivity index (χ2n) is 19.1. The Balaban J connectivity index is 2.64. The zero-order valence-corrected chi connectivity index (χ0v) is 41.8. The smallest absolute Gasteiger partial charge is 0.308 e. The molecular weight excluding hydrogens is 777 g/mol. The SMILES string of the molecule is CCCCCCCCC(CCCCCCCC)COC(=O)CCOCC(CN(C)CCN(CCO)C1CC1)OCCC(=O)OCC(CCCCCCCC)CCCCCCCC. The van der Waals surface area contributed by atoms with Crippen LogP contribution in [-0.2, 0) is 28.5 Å². The number of aliphatic hydroxyl groups excluding tert-OH is 1. The van der Waals surface area contributed by atoms with Crippen molar-refractivity contribution < 1.29 is 33.6 Å². The van der Waals surface area contributed by atoms with E-state index in [-0.39, 0.29) is 50.7 Å². The van der Waals surface area contributed by atoms with Crippen LogP contribution in [0, 0.1) is 11.8 Å². The summed E-state index contributed by atoms with van der Waals surface area (Å²) in [6.07, 6.45) is 38.0. The first-order valence-electron chi connectivity index (χ1n) is 26.9. The highest BCUT2D eigenvalue weighted by atomic mass is 16.6. The molecule has 9 heteroatoms. The molecule has 0 saturated heterocycles. The maximum absolute atomic E-state index is 13.0. The number of likely N-dealkylation sites (N-methyl/N-ethyl adjacent to an activating group) is 1. The molecule has 1 aliphatic rings. The van der Waals surface area contributed by atoms with Gasteiger partial charge in [-0.05, 0) is 57.4 Å². The van der Waals surface area contributed by atoms with Crippen LogP contribution in [0.3, 0.4) is 0 Å². The van der Waals surface area contributed by atoms with E-state index in [0.29, 0.717) is 50.8 Å². The molecule has 368 valence electrons. The summed E-state index contributed by atoms with van der Waals surface area (Å²) >= 11 is 0. The summed E-state index contributed by atoms with van der Waals surface area (Å²) < 4.78 is 24.1. The standard InChI is InChI=1S/C53H104N2O7/c1-6-10-14-18-22-26-30-48(31-27-23-19-15-11-7-2)45-61-52(57)36-42-59-47-51(44-54(5)38-39-55(40-41-56)50-34-35-50)60-43-37-53(58)62-46-49(32-28-24-20-16-12-8-3)33-29-25-21-17-13-9-4/h48-51,56H,6-47H2,1-5H3. The van der Waals surface area contributed by atoms with Gasteiger partial charge in [-0.25, -0.2) is 0 Å². The van der Waals surface area contributed by atoms with Crippen LogP contribution < -0.4 is 0 Å². The third-order valence-corrected chi connectivity index (χ3v) is 13.0. The van der Waals surface area contributed by atoms with Crippen molar-refractivity contribution in [3.05, 3.63) is 0 Å². The fraction of sp³-hybridized carbons (Fsp3) is 0.962. The average Bonchev–Trinajstić information content (AvgIpc) is 4.12. The highest BCUT2D eigenvalue weighted by Gasteiger charge is 2.28. The van der Waals surface area contributed by atoms with Gasteiger partial charge in [-0.2, -0.15) is 0 Å². The Bertz CT molecular complexity index is 950. The normalized spacial score (nSPS) is 13.6. The van der Waals surface area contributed by atoms with Crippen LogP contribution >= 0.6 is 0 Å². The molecule has 1 atom stereocenters. The minimum Gasteiger partial charge on any atom is -0.465 e. The van der Waals surface area contributed by atoms with Gasteiger partial charge in [-0.3, -0.25) is 14.5 Å².